The van der Waals surface area contributed by atoms with Gasteiger partial charge in [-0.2, -0.15) is 0 Å². The van der Waals surface area contributed by atoms with Gasteiger partial charge in [-0.25, -0.2) is 8.42 Å². The Kier molecular flexibility index (Phi) is 8.44. The lowest BCUT2D eigenvalue weighted by molar-refractivity contribution is -0.121. The Morgan fingerprint density at radius 2 is 1.77 bits per heavy atom. The summed E-state index contributed by atoms with van der Waals surface area (Å²) >= 11 is 0. The highest BCUT2D eigenvalue weighted by Gasteiger charge is 2.19. The number of amides is 2. The monoisotopic (exact) mass is 447 g/mol. The minimum Gasteiger partial charge on any atom is -0.497 e. The number of hydrogen-bond acceptors (Lipinski definition) is 5. The summed E-state index contributed by atoms with van der Waals surface area (Å²) in [7, 11) is -2.38. The van der Waals surface area contributed by atoms with E-state index < -0.39 is 15.9 Å². The molecule has 0 aromatic heterocycles. The van der Waals surface area contributed by atoms with Gasteiger partial charge in [0.1, 0.15) is 5.75 Å². The van der Waals surface area contributed by atoms with Crippen molar-refractivity contribution in [2.45, 2.75) is 44.6 Å². The summed E-state index contributed by atoms with van der Waals surface area (Å²) in [5.74, 6) is 0.0124. The van der Waals surface area contributed by atoms with Crippen LogP contribution in [0, 0.1) is 6.92 Å². The van der Waals surface area contributed by atoms with Crippen LogP contribution in [0.1, 0.15) is 42.6 Å². The van der Waals surface area contributed by atoms with Gasteiger partial charge in [0.05, 0.1) is 12.0 Å². The van der Waals surface area contributed by atoms with E-state index in [1.54, 1.807) is 43.3 Å². The molecule has 31 heavy (non-hydrogen) atoms. The van der Waals surface area contributed by atoms with Crippen LogP contribution in [-0.2, 0) is 14.8 Å². The van der Waals surface area contributed by atoms with Crippen molar-refractivity contribution in [1.29, 1.82) is 0 Å². The highest BCUT2D eigenvalue weighted by Crippen LogP contribution is 2.22. The Balaban J connectivity index is 2.07. The van der Waals surface area contributed by atoms with Crippen molar-refractivity contribution in [2.75, 3.05) is 18.4 Å². The summed E-state index contributed by atoms with van der Waals surface area (Å²) in [6.45, 7) is 5.69. The number of nitrogens with one attached hydrogen (secondary N) is 3. The van der Waals surface area contributed by atoms with Crippen molar-refractivity contribution in [1.82, 2.24) is 10.6 Å². The number of sulfonamides is 1. The van der Waals surface area contributed by atoms with E-state index in [9.17, 15) is 18.0 Å². The number of benzene rings is 2. The average Bonchev–Trinajstić information content (AvgIpc) is 2.73. The molecule has 8 nitrogen and oxygen atoms in total. The van der Waals surface area contributed by atoms with E-state index in [0.717, 1.165) is 6.42 Å². The number of aryl methyl sites for hydroxylation is 1. The van der Waals surface area contributed by atoms with Crippen LogP contribution in [0.2, 0.25) is 0 Å². The number of hydrogen-bond donors (Lipinski definition) is 3. The lowest BCUT2D eigenvalue weighted by Gasteiger charge is -2.13. The zero-order valence-corrected chi connectivity index (χ0v) is 19.0. The highest BCUT2D eigenvalue weighted by molar-refractivity contribution is 7.92. The Morgan fingerprint density at radius 1 is 1.10 bits per heavy atom. The number of anilines is 1. The fourth-order valence-corrected chi connectivity index (χ4v) is 4.07. The van der Waals surface area contributed by atoms with Gasteiger partial charge >= 0.3 is 0 Å². The molecule has 2 amide bonds. The molecule has 9 heteroatoms. The van der Waals surface area contributed by atoms with Crippen molar-refractivity contribution >= 4 is 27.5 Å². The van der Waals surface area contributed by atoms with E-state index in [0.29, 0.717) is 17.0 Å². The molecule has 0 aliphatic heterocycles. The summed E-state index contributed by atoms with van der Waals surface area (Å²) in [6, 6.07) is 11.0. The van der Waals surface area contributed by atoms with E-state index in [4.69, 9.17) is 4.74 Å². The minimum absolute atomic E-state index is 0.00508. The van der Waals surface area contributed by atoms with Crippen LogP contribution in [0.15, 0.2) is 47.4 Å². The van der Waals surface area contributed by atoms with Crippen molar-refractivity contribution in [3.8, 4) is 5.75 Å². The summed E-state index contributed by atoms with van der Waals surface area (Å²) in [5.41, 5.74) is 1.08. The summed E-state index contributed by atoms with van der Waals surface area (Å²) in [5, 5.41) is 5.48. The van der Waals surface area contributed by atoms with Crippen molar-refractivity contribution in [3.05, 3.63) is 53.6 Å². The quantitative estimate of drug-likeness (QED) is 0.518. The molecule has 2 rings (SSSR count). The van der Waals surface area contributed by atoms with Gasteiger partial charge in [-0.1, -0.05) is 13.0 Å². The van der Waals surface area contributed by atoms with Crippen LogP contribution in [0.25, 0.3) is 0 Å². The van der Waals surface area contributed by atoms with Crippen molar-refractivity contribution in [3.63, 3.8) is 0 Å². The first-order chi connectivity index (χ1) is 14.7. The first-order valence-electron chi connectivity index (χ1n) is 10.0. The number of rotatable bonds is 10. The fourth-order valence-electron chi connectivity index (χ4n) is 2.74. The molecular weight excluding hydrogens is 418 g/mol. The second-order valence-electron chi connectivity index (χ2n) is 7.20. The van der Waals surface area contributed by atoms with E-state index in [1.807, 2.05) is 13.8 Å². The second-order valence-corrected chi connectivity index (χ2v) is 8.85. The number of ether oxygens (including phenoxy) is 1. The third kappa shape index (κ3) is 6.99. The number of methoxy groups -OCH3 is 1. The summed E-state index contributed by atoms with van der Waals surface area (Å²) in [6.07, 6.45) is 0.968. The molecule has 0 bridgehead atoms. The molecular formula is C22H29N3O5S. The Hall–Kier alpha value is -3.07. The SMILES string of the molecule is CCC(C)NC(=O)CCNC(=O)c1ccc(C)c(S(=O)(=O)Nc2ccc(OC)cc2)c1. The van der Waals surface area contributed by atoms with Gasteiger partial charge in [-0.3, -0.25) is 14.3 Å². The van der Waals surface area contributed by atoms with E-state index >= 15 is 0 Å². The molecule has 168 valence electrons. The molecule has 0 radical (unpaired) electrons. The smallest absolute Gasteiger partial charge is 0.262 e. The van der Waals surface area contributed by atoms with Gasteiger partial charge < -0.3 is 15.4 Å². The standard InChI is InChI=1S/C22H29N3O5S/c1-5-16(3)24-21(26)12-13-23-22(27)17-7-6-15(2)20(14-17)31(28,29)25-18-8-10-19(30-4)11-9-18/h6-11,14,16,25H,5,12-13H2,1-4H3,(H,23,27)(H,24,26). The molecule has 1 unspecified atom stereocenters. The lowest BCUT2D eigenvalue weighted by Crippen LogP contribution is -2.35. The first kappa shape index (κ1) is 24.2. The topological polar surface area (TPSA) is 114 Å². The van der Waals surface area contributed by atoms with Gasteiger partial charge in [-0.05, 0) is 62.2 Å². The zero-order valence-electron chi connectivity index (χ0n) is 18.2. The Bertz CT molecular complexity index is 1020. The number of carbonyl (C=O) groups is 2. The first-order valence-corrected chi connectivity index (χ1v) is 11.5. The van der Waals surface area contributed by atoms with Crippen LogP contribution >= 0.6 is 0 Å². The molecule has 0 saturated heterocycles. The van der Waals surface area contributed by atoms with Crippen LogP contribution < -0.4 is 20.1 Å². The van der Waals surface area contributed by atoms with Gasteiger partial charge in [-0.15, -0.1) is 0 Å². The maximum absolute atomic E-state index is 12.9. The highest BCUT2D eigenvalue weighted by atomic mass is 32.2. The fraction of sp³-hybridized carbons (Fsp3) is 0.364. The molecule has 2 aromatic rings. The van der Waals surface area contributed by atoms with Gasteiger partial charge in [0.2, 0.25) is 5.91 Å². The molecule has 0 fully saturated rings. The average molecular weight is 448 g/mol. The predicted octanol–water partition coefficient (Wildman–Crippen LogP) is 2.84. The van der Waals surface area contributed by atoms with E-state index in [1.165, 1.54) is 13.2 Å². The minimum atomic E-state index is -3.90. The largest absolute Gasteiger partial charge is 0.497 e. The second kappa shape index (κ2) is 10.8. The molecule has 0 aliphatic rings. The van der Waals surface area contributed by atoms with Crippen LogP contribution in [0.4, 0.5) is 5.69 Å². The van der Waals surface area contributed by atoms with Crippen LogP contribution in [0.3, 0.4) is 0 Å². The molecule has 1 atom stereocenters. The molecule has 0 aliphatic carbocycles. The molecule has 3 N–H and O–H groups in total. The van der Waals surface area contributed by atoms with Crippen molar-refractivity contribution < 1.29 is 22.7 Å². The van der Waals surface area contributed by atoms with Gasteiger partial charge in [0.15, 0.2) is 0 Å². The predicted molar refractivity (Wildman–Crippen MR) is 120 cm³/mol. The van der Waals surface area contributed by atoms with E-state index in [-0.39, 0.29) is 35.4 Å². The Labute approximate surface area is 183 Å². The molecule has 2 aromatic carbocycles. The molecule has 0 heterocycles. The summed E-state index contributed by atoms with van der Waals surface area (Å²) in [4.78, 5) is 24.3. The van der Waals surface area contributed by atoms with Crippen LogP contribution in [-0.4, -0.2) is 39.9 Å². The lowest BCUT2D eigenvalue weighted by atomic mass is 10.1. The maximum atomic E-state index is 12.9. The maximum Gasteiger partial charge on any atom is 0.262 e. The van der Waals surface area contributed by atoms with E-state index in [2.05, 4.69) is 15.4 Å². The third-order valence-corrected chi connectivity index (χ3v) is 6.26. The van der Waals surface area contributed by atoms with Crippen LogP contribution in [0.5, 0.6) is 5.75 Å². The normalized spacial score (nSPS) is 12.0. The number of carbonyl (C=O) groups excluding carboxylic acids is 2. The molecule has 0 saturated carbocycles. The zero-order chi connectivity index (χ0) is 23.0. The summed E-state index contributed by atoms with van der Waals surface area (Å²) < 4.78 is 33.3. The Morgan fingerprint density at radius 3 is 2.39 bits per heavy atom. The van der Waals surface area contributed by atoms with Crippen molar-refractivity contribution in [2.24, 2.45) is 0 Å². The van der Waals surface area contributed by atoms with Gasteiger partial charge in [0, 0.05) is 30.3 Å². The third-order valence-electron chi connectivity index (χ3n) is 4.74. The molecule has 0 spiro atoms. The van der Waals surface area contributed by atoms with Gasteiger partial charge in [0.25, 0.3) is 15.9 Å².